The summed E-state index contributed by atoms with van der Waals surface area (Å²) in [4.78, 5) is 14.3. The van der Waals surface area contributed by atoms with Gasteiger partial charge in [0.2, 0.25) is 10.0 Å². The third kappa shape index (κ3) is 6.96. The fraction of sp³-hybridized carbons (Fsp3) is 0.562. The molecule has 136 valence electrons. The highest BCUT2D eigenvalue weighted by Crippen LogP contribution is 2.14. The van der Waals surface area contributed by atoms with Crippen LogP contribution in [0.5, 0.6) is 0 Å². The second-order valence-electron chi connectivity index (χ2n) is 5.73. The molecule has 2 unspecified atom stereocenters. The second-order valence-corrected chi connectivity index (χ2v) is 7.39. The fourth-order valence-electron chi connectivity index (χ4n) is 2.39. The van der Waals surface area contributed by atoms with Gasteiger partial charge in [-0.15, -0.1) is 0 Å². The molecule has 0 saturated carbocycles. The third-order valence-electron chi connectivity index (χ3n) is 3.59. The van der Waals surface area contributed by atoms with Gasteiger partial charge in [-0.05, 0) is 24.5 Å². The largest absolute Gasteiger partial charge is 0.380 e. The Balaban J connectivity index is 2.87. The summed E-state index contributed by atoms with van der Waals surface area (Å²) >= 11 is 0. The Kier molecular flexibility index (Phi) is 8.34. The van der Waals surface area contributed by atoms with E-state index in [1.807, 2.05) is 6.07 Å². The average Bonchev–Trinajstić information content (AvgIpc) is 2.52. The quantitative estimate of drug-likeness (QED) is 0.631. The van der Waals surface area contributed by atoms with Crippen molar-refractivity contribution in [3.8, 4) is 0 Å². The first-order valence-electron chi connectivity index (χ1n) is 7.66. The van der Waals surface area contributed by atoms with Gasteiger partial charge in [0, 0.05) is 26.3 Å². The summed E-state index contributed by atoms with van der Waals surface area (Å²) in [6.07, 6.45) is -0.0668. The van der Waals surface area contributed by atoms with E-state index < -0.39 is 16.3 Å². The number of hydrogen-bond acceptors (Lipinski definition) is 5. The molecule has 0 aromatic heterocycles. The van der Waals surface area contributed by atoms with E-state index in [9.17, 15) is 13.2 Å². The molecule has 8 heteroatoms. The Morgan fingerprint density at radius 1 is 1.25 bits per heavy atom. The molecule has 2 N–H and O–H groups in total. The van der Waals surface area contributed by atoms with Gasteiger partial charge in [-0.2, -0.15) is 0 Å². The topological polar surface area (TPSA) is 98.9 Å². The highest BCUT2D eigenvalue weighted by molar-refractivity contribution is 7.89. The predicted molar refractivity (Wildman–Crippen MR) is 91.9 cm³/mol. The molecule has 1 aromatic carbocycles. The molecule has 1 amide bonds. The zero-order valence-electron chi connectivity index (χ0n) is 14.3. The second kappa shape index (κ2) is 9.73. The number of carbonyl (C=O) groups is 1. The van der Waals surface area contributed by atoms with Gasteiger partial charge in [0.05, 0.1) is 12.4 Å². The van der Waals surface area contributed by atoms with Crippen LogP contribution in [-0.4, -0.2) is 58.6 Å². The normalized spacial score (nSPS) is 14.2. The number of ether oxygens (including phenoxy) is 2. The SMILES string of the molecule is COCC(OC)N(CCC(C)CS(N)(=O)=O)C(=O)c1ccccc1. The van der Waals surface area contributed by atoms with E-state index in [4.69, 9.17) is 14.6 Å². The number of amides is 1. The molecule has 1 aromatic rings. The van der Waals surface area contributed by atoms with E-state index in [-0.39, 0.29) is 24.2 Å². The Morgan fingerprint density at radius 2 is 1.88 bits per heavy atom. The van der Waals surface area contributed by atoms with Crippen LogP contribution in [0.4, 0.5) is 0 Å². The number of hydrogen-bond donors (Lipinski definition) is 1. The molecule has 2 atom stereocenters. The number of nitrogens with two attached hydrogens (primary N) is 1. The Hall–Kier alpha value is -1.48. The summed E-state index contributed by atoms with van der Waals surface area (Å²) in [6, 6.07) is 8.85. The smallest absolute Gasteiger partial charge is 0.255 e. The van der Waals surface area contributed by atoms with Crippen molar-refractivity contribution in [2.24, 2.45) is 11.1 Å². The Morgan fingerprint density at radius 3 is 2.38 bits per heavy atom. The molecule has 0 bridgehead atoms. The van der Waals surface area contributed by atoms with Crippen molar-refractivity contribution in [3.05, 3.63) is 35.9 Å². The van der Waals surface area contributed by atoms with Gasteiger partial charge < -0.3 is 14.4 Å². The van der Waals surface area contributed by atoms with Crippen molar-refractivity contribution < 1.29 is 22.7 Å². The van der Waals surface area contributed by atoms with Crippen LogP contribution in [0.2, 0.25) is 0 Å². The first-order valence-corrected chi connectivity index (χ1v) is 9.38. The van der Waals surface area contributed by atoms with Gasteiger partial charge in [-0.1, -0.05) is 25.1 Å². The molecule has 0 spiro atoms. The average molecular weight is 358 g/mol. The van der Waals surface area contributed by atoms with Crippen LogP contribution in [-0.2, 0) is 19.5 Å². The molecule has 1 rings (SSSR count). The van der Waals surface area contributed by atoms with Crippen LogP contribution in [0.3, 0.4) is 0 Å². The van der Waals surface area contributed by atoms with Crippen LogP contribution in [0.15, 0.2) is 30.3 Å². The first-order chi connectivity index (χ1) is 11.3. The van der Waals surface area contributed by atoms with Gasteiger partial charge in [-0.3, -0.25) is 4.79 Å². The van der Waals surface area contributed by atoms with Crippen LogP contribution in [0.25, 0.3) is 0 Å². The summed E-state index contributed by atoms with van der Waals surface area (Å²) in [5.41, 5.74) is 0.537. The summed E-state index contributed by atoms with van der Waals surface area (Å²) in [5.74, 6) is -0.490. The van der Waals surface area contributed by atoms with Crippen molar-refractivity contribution in [1.82, 2.24) is 4.90 Å². The van der Waals surface area contributed by atoms with E-state index in [2.05, 4.69) is 0 Å². The summed E-state index contributed by atoms with van der Waals surface area (Å²) < 4.78 is 32.9. The highest BCUT2D eigenvalue weighted by atomic mass is 32.2. The summed E-state index contributed by atoms with van der Waals surface area (Å²) in [5, 5.41) is 5.07. The van der Waals surface area contributed by atoms with Crippen LogP contribution < -0.4 is 5.14 Å². The molecule has 24 heavy (non-hydrogen) atoms. The highest BCUT2D eigenvalue weighted by Gasteiger charge is 2.25. The minimum Gasteiger partial charge on any atom is -0.380 e. The number of methoxy groups -OCH3 is 2. The maximum absolute atomic E-state index is 12.8. The number of primary sulfonamides is 1. The monoisotopic (exact) mass is 358 g/mol. The molecule has 0 aliphatic carbocycles. The number of nitrogens with zero attached hydrogens (tertiary/aromatic N) is 1. The molecular formula is C16H26N2O5S. The number of carbonyl (C=O) groups excluding carboxylic acids is 1. The molecule has 7 nitrogen and oxygen atoms in total. The molecule has 0 fully saturated rings. The van der Waals surface area contributed by atoms with Crippen LogP contribution in [0, 0.1) is 5.92 Å². The summed E-state index contributed by atoms with van der Waals surface area (Å²) in [7, 11) is -0.508. The third-order valence-corrected chi connectivity index (χ3v) is 4.62. The molecule has 0 radical (unpaired) electrons. The lowest BCUT2D eigenvalue weighted by molar-refractivity contribution is -0.0603. The minimum absolute atomic E-state index is 0.123. The number of sulfonamides is 1. The lowest BCUT2D eigenvalue weighted by Crippen LogP contribution is -2.45. The number of rotatable bonds is 10. The van der Waals surface area contributed by atoms with E-state index in [1.165, 1.54) is 14.2 Å². The molecular weight excluding hydrogens is 332 g/mol. The fourth-order valence-corrected chi connectivity index (χ4v) is 3.35. The van der Waals surface area contributed by atoms with Crippen LogP contribution in [0.1, 0.15) is 23.7 Å². The van der Waals surface area contributed by atoms with Crippen molar-refractivity contribution >= 4 is 15.9 Å². The van der Waals surface area contributed by atoms with E-state index in [1.54, 1.807) is 36.1 Å². The Labute approximate surface area is 143 Å². The molecule has 0 saturated heterocycles. The van der Waals surface area contributed by atoms with Gasteiger partial charge >= 0.3 is 0 Å². The van der Waals surface area contributed by atoms with Crippen LogP contribution >= 0.6 is 0 Å². The van der Waals surface area contributed by atoms with Crippen molar-refractivity contribution in [2.45, 2.75) is 19.6 Å². The van der Waals surface area contributed by atoms with Gasteiger partial charge in [0.25, 0.3) is 5.91 Å². The van der Waals surface area contributed by atoms with Gasteiger partial charge in [-0.25, -0.2) is 13.6 Å². The lowest BCUT2D eigenvalue weighted by Gasteiger charge is -2.31. The van der Waals surface area contributed by atoms with E-state index in [0.717, 1.165) is 0 Å². The molecule has 0 aliphatic heterocycles. The Bertz CT molecular complexity index is 606. The van der Waals surface area contributed by atoms with Gasteiger partial charge in [0.1, 0.15) is 0 Å². The van der Waals surface area contributed by atoms with Crippen molar-refractivity contribution in [3.63, 3.8) is 0 Å². The van der Waals surface area contributed by atoms with Gasteiger partial charge in [0.15, 0.2) is 6.23 Å². The zero-order chi connectivity index (χ0) is 18.2. The molecule has 0 heterocycles. The minimum atomic E-state index is -3.54. The van der Waals surface area contributed by atoms with E-state index in [0.29, 0.717) is 18.5 Å². The number of benzene rings is 1. The van der Waals surface area contributed by atoms with Crippen molar-refractivity contribution in [1.29, 1.82) is 0 Å². The molecule has 0 aliphatic rings. The predicted octanol–water partition coefficient (Wildman–Crippen LogP) is 1.06. The standard InChI is InChI=1S/C16H26N2O5S/c1-13(12-24(17,20)21)9-10-18(15(23-3)11-22-2)16(19)14-7-5-4-6-8-14/h4-8,13,15H,9-12H2,1-3H3,(H2,17,20,21). The first kappa shape index (κ1) is 20.6. The lowest BCUT2D eigenvalue weighted by atomic mass is 10.1. The zero-order valence-corrected chi connectivity index (χ0v) is 15.2. The van der Waals surface area contributed by atoms with Crippen molar-refractivity contribution in [2.75, 3.05) is 33.1 Å². The summed E-state index contributed by atoms with van der Waals surface area (Å²) in [6.45, 7) is 2.35. The maximum atomic E-state index is 12.8. The maximum Gasteiger partial charge on any atom is 0.255 e. The van der Waals surface area contributed by atoms with E-state index >= 15 is 0 Å².